The van der Waals surface area contributed by atoms with E-state index in [0.29, 0.717) is 5.56 Å². The minimum absolute atomic E-state index is 0.165. The number of carbonyl (C=O) groups excluding carboxylic acids is 3. The van der Waals surface area contributed by atoms with Crippen LogP contribution >= 0.6 is 0 Å². The van der Waals surface area contributed by atoms with Crippen molar-refractivity contribution >= 4 is 28.5 Å². The fraction of sp³-hybridized carbons (Fsp3) is 0.100. The normalized spacial score (nSPS) is 10.2. The molecule has 0 spiro atoms. The molecule has 0 fully saturated rings. The van der Waals surface area contributed by atoms with Crippen molar-refractivity contribution in [3.8, 4) is 0 Å². The molecule has 0 bridgehead atoms. The Balaban J connectivity index is 1.47. The fourth-order valence-corrected chi connectivity index (χ4v) is 2.61. The zero-order valence-electron chi connectivity index (χ0n) is 14.4. The first kappa shape index (κ1) is 18.1. The van der Waals surface area contributed by atoms with Crippen LogP contribution in [0.5, 0.6) is 0 Å². The van der Waals surface area contributed by atoms with Gasteiger partial charge in [-0.15, -0.1) is 0 Å². The van der Waals surface area contributed by atoms with Gasteiger partial charge in [0.15, 0.2) is 0 Å². The van der Waals surface area contributed by atoms with Crippen LogP contribution in [0.15, 0.2) is 67.0 Å². The smallest absolute Gasteiger partial charge is 0.269 e. The Morgan fingerprint density at radius 1 is 0.815 bits per heavy atom. The highest BCUT2D eigenvalue weighted by molar-refractivity contribution is 5.96. The summed E-state index contributed by atoms with van der Waals surface area (Å²) in [6.07, 6.45) is 3.12. The molecule has 3 N–H and O–H groups in total. The molecule has 7 nitrogen and oxygen atoms in total. The number of benzene rings is 2. The lowest BCUT2D eigenvalue weighted by atomic mass is 10.0. The zero-order valence-corrected chi connectivity index (χ0v) is 14.4. The average molecular weight is 362 g/mol. The Kier molecular flexibility index (Phi) is 5.73. The number of pyridine rings is 1. The molecular weight excluding hydrogens is 344 g/mol. The van der Waals surface area contributed by atoms with Crippen molar-refractivity contribution in [2.45, 2.75) is 6.42 Å². The number of amides is 3. The maximum Gasteiger partial charge on any atom is 0.269 e. The number of carbonyl (C=O) groups is 3. The van der Waals surface area contributed by atoms with Crippen molar-refractivity contribution in [2.24, 2.45) is 0 Å². The van der Waals surface area contributed by atoms with Gasteiger partial charge >= 0.3 is 0 Å². The quantitative estimate of drug-likeness (QED) is 0.597. The molecule has 2 aromatic carbocycles. The molecule has 0 aliphatic rings. The molecule has 1 heterocycles. The molecule has 136 valence electrons. The number of nitrogens with one attached hydrogen (secondary N) is 3. The van der Waals surface area contributed by atoms with Crippen molar-refractivity contribution in [1.29, 1.82) is 0 Å². The number of rotatable bonds is 5. The number of aromatic nitrogens is 1. The predicted molar refractivity (Wildman–Crippen MR) is 101 cm³/mol. The van der Waals surface area contributed by atoms with E-state index in [1.54, 1.807) is 0 Å². The van der Waals surface area contributed by atoms with Crippen LogP contribution in [0.4, 0.5) is 0 Å². The Bertz CT molecular complexity index is 968. The Hall–Kier alpha value is -3.74. The van der Waals surface area contributed by atoms with Crippen LogP contribution in [0.1, 0.15) is 15.9 Å². The predicted octanol–water partition coefficient (Wildman–Crippen LogP) is 1.35. The first-order chi connectivity index (χ1) is 13.1. The standard InChI is InChI=1S/C20H18N4O3/c25-18(12-16-6-3-5-14-4-1-2-7-17(14)16)22-13-19(26)23-24-20(27)15-8-10-21-11-9-15/h1-11H,12-13H2,(H,22,25)(H,23,26)(H,24,27). The molecule has 3 aromatic rings. The van der Waals surface area contributed by atoms with Crippen molar-refractivity contribution < 1.29 is 14.4 Å². The van der Waals surface area contributed by atoms with Crippen LogP contribution < -0.4 is 16.2 Å². The monoisotopic (exact) mass is 362 g/mol. The average Bonchev–Trinajstić information content (AvgIpc) is 2.71. The molecular formula is C20H18N4O3. The molecule has 0 aliphatic heterocycles. The Morgan fingerprint density at radius 3 is 2.37 bits per heavy atom. The maximum atomic E-state index is 12.1. The van der Waals surface area contributed by atoms with E-state index >= 15 is 0 Å². The molecule has 3 rings (SSSR count). The first-order valence-electron chi connectivity index (χ1n) is 8.36. The molecule has 3 amide bonds. The lowest BCUT2D eigenvalue weighted by Crippen LogP contribution is -2.46. The maximum absolute atomic E-state index is 12.1. The summed E-state index contributed by atoms with van der Waals surface area (Å²) in [7, 11) is 0. The lowest BCUT2D eigenvalue weighted by Gasteiger charge is -2.09. The van der Waals surface area contributed by atoms with Crippen molar-refractivity contribution in [1.82, 2.24) is 21.2 Å². The molecule has 0 saturated heterocycles. The molecule has 27 heavy (non-hydrogen) atoms. The van der Waals surface area contributed by atoms with Gasteiger partial charge in [-0.2, -0.15) is 0 Å². The second kappa shape index (κ2) is 8.57. The van der Waals surface area contributed by atoms with Crippen LogP contribution in [-0.4, -0.2) is 29.3 Å². The fourth-order valence-electron chi connectivity index (χ4n) is 2.61. The highest BCUT2D eigenvalue weighted by Gasteiger charge is 2.10. The SMILES string of the molecule is O=C(Cc1cccc2ccccc12)NCC(=O)NNC(=O)c1ccncc1. The summed E-state index contributed by atoms with van der Waals surface area (Å²) in [6.45, 7) is -0.236. The van der Waals surface area contributed by atoms with Crippen molar-refractivity contribution in [3.05, 3.63) is 78.1 Å². The van der Waals surface area contributed by atoms with Crippen LogP contribution in [0.3, 0.4) is 0 Å². The molecule has 1 aromatic heterocycles. The van der Waals surface area contributed by atoms with Gasteiger partial charge in [0, 0.05) is 18.0 Å². The van der Waals surface area contributed by atoms with Gasteiger partial charge in [0.2, 0.25) is 5.91 Å². The van der Waals surface area contributed by atoms with Gasteiger partial charge in [-0.25, -0.2) is 0 Å². The van der Waals surface area contributed by atoms with Crippen LogP contribution in [0, 0.1) is 0 Å². The molecule has 0 aliphatic carbocycles. The second-order valence-corrected chi connectivity index (χ2v) is 5.83. The summed E-state index contributed by atoms with van der Waals surface area (Å²) in [5.41, 5.74) is 5.79. The minimum atomic E-state index is -0.524. The minimum Gasteiger partial charge on any atom is -0.347 e. The Labute approximate surface area is 155 Å². The van der Waals surface area contributed by atoms with Gasteiger partial charge in [0.25, 0.3) is 11.8 Å². The van der Waals surface area contributed by atoms with Crippen LogP contribution in [0.25, 0.3) is 10.8 Å². The topological polar surface area (TPSA) is 100 Å². The number of hydrogen-bond acceptors (Lipinski definition) is 4. The van der Waals surface area contributed by atoms with E-state index in [9.17, 15) is 14.4 Å². The van der Waals surface area contributed by atoms with Crippen LogP contribution in [0.2, 0.25) is 0 Å². The lowest BCUT2D eigenvalue weighted by molar-refractivity contribution is -0.126. The van der Waals surface area contributed by atoms with Crippen molar-refractivity contribution in [3.63, 3.8) is 0 Å². The Morgan fingerprint density at radius 2 is 1.56 bits per heavy atom. The molecule has 0 atom stereocenters. The van der Waals surface area contributed by atoms with Gasteiger partial charge in [0.05, 0.1) is 13.0 Å². The van der Waals surface area contributed by atoms with E-state index < -0.39 is 11.8 Å². The van der Waals surface area contributed by atoms with Gasteiger partial charge in [0.1, 0.15) is 0 Å². The molecule has 7 heteroatoms. The summed E-state index contributed by atoms with van der Waals surface area (Å²) in [5, 5.41) is 4.61. The zero-order chi connectivity index (χ0) is 19.1. The van der Waals surface area contributed by atoms with Gasteiger partial charge in [-0.05, 0) is 28.5 Å². The number of fused-ring (bicyclic) bond motifs is 1. The van der Waals surface area contributed by atoms with Gasteiger partial charge in [-0.1, -0.05) is 42.5 Å². The first-order valence-corrected chi connectivity index (χ1v) is 8.36. The third-order valence-electron chi connectivity index (χ3n) is 3.94. The molecule has 0 unspecified atom stereocenters. The van der Waals surface area contributed by atoms with Gasteiger partial charge in [-0.3, -0.25) is 30.2 Å². The third kappa shape index (κ3) is 4.88. The molecule has 0 radical (unpaired) electrons. The molecule has 0 saturated carbocycles. The van der Waals surface area contributed by atoms with E-state index in [-0.39, 0.29) is 18.9 Å². The van der Waals surface area contributed by atoms with Gasteiger partial charge < -0.3 is 5.32 Å². The van der Waals surface area contributed by atoms with Crippen molar-refractivity contribution in [2.75, 3.05) is 6.54 Å². The summed E-state index contributed by atoms with van der Waals surface area (Å²) < 4.78 is 0. The summed E-state index contributed by atoms with van der Waals surface area (Å²) in [4.78, 5) is 39.6. The third-order valence-corrected chi connectivity index (χ3v) is 3.94. The summed E-state index contributed by atoms with van der Waals surface area (Å²) in [5.74, 6) is -1.27. The van der Waals surface area contributed by atoms with E-state index in [2.05, 4.69) is 21.2 Å². The highest BCUT2D eigenvalue weighted by Crippen LogP contribution is 2.18. The number of hydrogen-bond donors (Lipinski definition) is 3. The second-order valence-electron chi connectivity index (χ2n) is 5.83. The number of nitrogens with zero attached hydrogens (tertiary/aromatic N) is 1. The van der Waals surface area contributed by atoms with E-state index in [1.165, 1.54) is 24.5 Å². The summed E-state index contributed by atoms with van der Waals surface area (Å²) in [6, 6.07) is 16.6. The highest BCUT2D eigenvalue weighted by atomic mass is 16.2. The van der Waals surface area contributed by atoms with E-state index in [4.69, 9.17) is 0 Å². The van der Waals surface area contributed by atoms with E-state index in [1.807, 2.05) is 42.5 Å². The largest absolute Gasteiger partial charge is 0.347 e. The number of hydrazine groups is 1. The summed E-state index contributed by atoms with van der Waals surface area (Å²) >= 11 is 0. The van der Waals surface area contributed by atoms with E-state index in [0.717, 1.165) is 16.3 Å². The van der Waals surface area contributed by atoms with Crippen LogP contribution in [-0.2, 0) is 16.0 Å².